The molecule has 2 atom stereocenters. The first-order chi connectivity index (χ1) is 7.77. The monoisotopic (exact) mass is 221 g/mol. The number of hydrogen-bond acceptors (Lipinski definition) is 4. The minimum Gasteiger partial charge on any atom is -0.455 e. The van der Waals surface area contributed by atoms with Crippen molar-refractivity contribution < 1.29 is 14.3 Å². The molecule has 2 rings (SSSR count). The smallest absolute Gasteiger partial charge is 0.338 e. The fourth-order valence-corrected chi connectivity index (χ4v) is 1.63. The second-order valence-electron chi connectivity index (χ2n) is 3.84. The van der Waals surface area contributed by atoms with E-state index in [9.17, 15) is 4.79 Å². The average molecular weight is 221 g/mol. The van der Waals surface area contributed by atoms with Gasteiger partial charge in [0, 0.05) is 12.6 Å². The number of esters is 1. The summed E-state index contributed by atoms with van der Waals surface area (Å²) in [6.45, 7) is 1.03. The highest BCUT2D eigenvalue weighted by atomic mass is 16.6. The molecule has 86 valence electrons. The van der Waals surface area contributed by atoms with Crippen molar-refractivity contribution in [2.45, 2.75) is 18.6 Å². The summed E-state index contributed by atoms with van der Waals surface area (Å²) in [4.78, 5) is 11.7. The minimum absolute atomic E-state index is 0.124. The molecule has 1 aromatic rings. The standard InChI is InChI=1S/C12H15NO3/c13-10-6-7-15-8-11(10)16-12(14)9-4-2-1-3-5-9/h1-5,10-11H,6-8,13H2/t10-,11+/m0/s1. The second kappa shape index (κ2) is 5.09. The zero-order valence-electron chi connectivity index (χ0n) is 8.96. The number of carbonyl (C=O) groups excluding carboxylic acids is 1. The van der Waals surface area contributed by atoms with E-state index in [4.69, 9.17) is 15.2 Å². The van der Waals surface area contributed by atoms with E-state index < -0.39 is 0 Å². The van der Waals surface area contributed by atoms with E-state index in [1.165, 1.54) is 0 Å². The Morgan fingerprint density at radius 3 is 2.81 bits per heavy atom. The molecule has 1 aromatic carbocycles. The summed E-state index contributed by atoms with van der Waals surface area (Å²) in [6.07, 6.45) is 0.397. The van der Waals surface area contributed by atoms with Crippen LogP contribution in [0.3, 0.4) is 0 Å². The van der Waals surface area contributed by atoms with Crippen LogP contribution in [0.2, 0.25) is 0 Å². The molecule has 0 radical (unpaired) electrons. The van der Waals surface area contributed by atoms with E-state index in [1.807, 2.05) is 6.07 Å². The van der Waals surface area contributed by atoms with Gasteiger partial charge in [-0.3, -0.25) is 0 Å². The Bertz CT molecular complexity index is 353. The molecule has 0 aromatic heterocycles. The van der Waals surface area contributed by atoms with Crippen LogP contribution in [0.4, 0.5) is 0 Å². The van der Waals surface area contributed by atoms with Gasteiger partial charge in [-0.25, -0.2) is 4.79 Å². The number of ether oxygens (including phenoxy) is 2. The van der Waals surface area contributed by atoms with Gasteiger partial charge in [-0.2, -0.15) is 0 Å². The molecule has 0 bridgehead atoms. The third-order valence-corrected chi connectivity index (χ3v) is 2.62. The van der Waals surface area contributed by atoms with Gasteiger partial charge >= 0.3 is 5.97 Å². The topological polar surface area (TPSA) is 61.6 Å². The van der Waals surface area contributed by atoms with Gasteiger partial charge in [-0.1, -0.05) is 18.2 Å². The van der Waals surface area contributed by atoms with Crippen LogP contribution in [-0.2, 0) is 9.47 Å². The third kappa shape index (κ3) is 2.59. The molecule has 2 N–H and O–H groups in total. The molecule has 1 fully saturated rings. The Balaban J connectivity index is 1.96. The van der Waals surface area contributed by atoms with Crippen LogP contribution in [0.25, 0.3) is 0 Å². The fourth-order valence-electron chi connectivity index (χ4n) is 1.63. The molecule has 4 nitrogen and oxygen atoms in total. The van der Waals surface area contributed by atoms with Gasteiger partial charge in [0.1, 0.15) is 6.10 Å². The second-order valence-corrected chi connectivity index (χ2v) is 3.84. The van der Waals surface area contributed by atoms with E-state index in [0.717, 1.165) is 6.42 Å². The molecule has 1 aliphatic heterocycles. The number of hydrogen-bond donors (Lipinski definition) is 1. The first-order valence-corrected chi connectivity index (χ1v) is 5.37. The minimum atomic E-state index is -0.341. The Morgan fingerprint density at radius 2 is 2.12 bits per heavy atom. The van der Waals surface area contributed by atoms with Crippen LogP contribution in [0, 0.1) is 0 Å². The highest BCUT2D eigenvalue weighted by Crippen LogP contribution is 2.12. The maximum Gasteiger partial charge on any atom is 0.338 e. The quantitative estimate of drug-likeness (QED) is 0.755. The van der Waals surface area contributed by atoms with Crippen molar-refractivity contribution >= 4 is 5.97 Å². The predicted octanol–water partition coefficient (Wildman–Crippen LogP) is 0.960. The van der Waals surface area contributed by atoms with Gasteiger partial charge in [0.2, 0.25) is 0 Å². The van der Waals surface area contributed by atoms with Crippen LogP contribution >= 0.6 is 0 Å². The van der Waals surface area contributed by atoms with Crippen LogP contribution < -0.4 is 5.73 Å². The zero-order chi connectivity index (χ0) is 11.4. The zero-order valence-corrected chi connectivity index (χ0v) is 8.96. The van der Waals surface area contributed by atoms with E-state index in [1.54, 1.807) is 24.3 Å². The van der Waals surface area contributed by atoms with Crippen molar-refractivity contribution in [3.8, 4) is 0 Å². The fraction of sp³-hybridized carbons (Fsp3) is 0.417. The Kier molecular flexibility index (Phi) is 3.54. The maximum absolute atomic E-state index is 11.7. The summed E-state index contributed by atoms with van der Waals surface area (Å²) in [5, 5.41) is 0. The first kappa shape index (κ1) is 11.1. The van der Waals surface area contributed by atoms with Gasteiger partial charge in [0.25, 0.3) is 0 Å². The highest BCUT2D eigenvalue weighted by Gasteiger charge is 2.26. The number of rotatable bonds is 2. The summed E-state index contributed by atoms with van der Waals surface area (Å²) >= 11 is 0. The van der Waals surface area contributed by atoms with Crippen molar-refractivity contribution in [1.82, 2.24) is 0 Å². The van der Waals surface area contributed by atoms with Gasteiger partial charge in [0.15, 0.2) is 0 Å². The number of nitrogens with two attached hydrogens (primary N) is 1. The molecule has 1 aliphatic rings. The van der Waals surface area contributed by atoms with Crippen LogP contribution in [-0.4, -0.2) is 31.3 Å². The molecule has 0 aliphatic carbocycles. The highest BCUT2D eigenvalue weighted by molar-refractivity contribution is 5.89. The molecule has 4 heteroatoms. The van der Waals surface area contributed by atoms with Crippen molar-refractivity contribution in [3.05, 3.63) is 35.9 Å². The summed E-state index contributed by atoms with van der Waals surface area (Å²) in [5.41, 5.74) is 6.39. The predicted molar refractivity (Wildman–Crippen MR) is 59.1 cm³/mol. The largest absolute Gasteiger partial charge is 0.455 e. The number of carbonyl (C=O) groups is 1. The molecular weight excluding hydrogens is 206 g/mol. The third-order valence-electron chi connectivity index (χ3n) is 2.62. The van der Waals surface area contributed by atoms with E-state index in [2.05, 4.69) is 0 Å². The summed E-state index contributed by atoms with van der Waals surface area (Å²) in [6, 6.07) is 8.77. The van der Waals surface area contributed by atoms with E-state index >= 15 is 0 Å². The van der Waals surface area contributed by atoms with Crippen molar-refractivity contribution in [1.29, 1.82) is 0 Å². The first-order valence-electron chi connectivity index (χ1n) is 5.37. The van der Waals surface area contributed by atoms with E-state index in [-0.39, 0.29) is 18.1 Å². The van der Waals surface area contributed by atoms with Gasteiger partial charge in [-0.05, 0) is 18.6 Å². The Labute approximate surface area is 94.3 Å². The molecule has 16 heavy (non-hydrogen) atoms. The lowest BCUT2D eigenvalue weighted by atomic mass is 10.1. The molecule has 0 amide bonds. The SMILES string of the molecule is N[C@H]1CCOC[C@H]1OC(=O)c1ccccc1. The normalized spacial score (nSPS) is 25.1. The van der Waals surface area contributed by atoms with Crippen molar-refractivity contribution in [3.63, 3.8) is 0 Å². The molecule has 0 spiro atoms. The van der Waals surface area contributed by atoms with Crippen molar-refractivity contribution in [2.24, 2.45) is 5.73 Å². The molecule has 0 unspecified atom stereocenters. The van der Waals surface area contributed by atoms with Crippen LogP contribution in [0.15, 0.2) is 30.3 Å². The lowest BCUT2D eigenvalue weighted by Gasteiger charge is -2.28. The molecule has 1 saturated heterocycles. The molecule has 0 saturated carbocycles. The van der Waals surface area contributed by atoms with Gasteiger partial charge in [-0.15, -0.1) is 0 Å². The van der Waals surface area contributed by atoms with E-state index in [0.29, 0.717) is 18.8 Å². The molecular formula is C12H15NO3. The van der Waals surface area contributed by atoms with Crippen LogP contribution in [0.1, 0.15) is 16.8 Å². The van der Waals surface area contributed by atoms with Gasteiger partial charge < -0.3 is 15.2 Å². The number of benzene rings is 1. The Morgan fingerprint density at radius 1 is 1.38 bits per heavy atom. The lowest BCUT2D eigenvalue weighted by molar-refractivity contribution is -0.0402. The van der Waals surface area contributed by atoms with Gasteiger partial charge in [0.05, 0.1) is 12.2 Å². The summed E-state index contributed by atoms with van der Waals surface area (Å²) < 4.78 is 10.5. The average Bonchev–Trinajstić information content (AvgIpc) is 2.33. The van der Waals surface area contributed by atoms with Crippen LogP contribution in [0.5, 0.6) is 0 Å². The Hall–Kier alpha value is -1.39. The summed E-state index contributed by atoms with van der Waals surface area (Å²) in [5.74, 6) is -0.341. The molecule has 1 heterocycles. The summed E-state index contributed by atoms with van der Waals surface area (Å²) in [7, 11) is 0. The van der Waals surface area contributed by atoms with Crippen molar-refractivity contribution in [2.75, 3.05) is 13.2 Å². The lowest BCUT2D eigenvalue weighted by Crippen LogP contribution is -2.45. The maximum atomic E-state index is 11.7.